The van der Waals surface area contributed by atoms with E-state index in [0.29, 0.717) is 25.2 Å². The van der Waals surface area contributed by atoms with Crippen LogP contribution in [0.3, 0.4) is 0 Å². The minimum absolute atomic E-state index is 0. The van der Waals surface area contributed by atoms with Crippen LogP contribution in [-0.4, -0.2) is 30.4 Å². The number of amides is 2. The highest BCUT2D eigenvalue weighted by atomic mass is 35.5. The molecule has 0 aromatic rings. The van der Waals surface area contributed by atoms with Crippen LogP contribution in [0.5, 0.6) is 0 Å². The lowest BCUT2D eigenvalue weighted by Crippen LogP contribution is -2.58. The van der Waals surface area contributed by atoms with Gasteiger partial charge in [-0.1, -0.05) is 19.3 Å². The Hall–Kier alpha value is -0.810. The van der Waals surface area contributed by atoms with Gasteiger partial charge in [-0.2, -0.15) is 0 Å². The Balaban J connectivity index is 0.00000220. The van der Waals surface area contributed by atoms with E-state index in [4.69, 9.17) is 5.73 Å². The lowest BCUT2D eigenvalue weighted by molar-refractivity contribution is -0.133. The number of primary amides is 1. The molecule has 4 N–H and O–H groups in total. The molecule has 0 bridgehead atoms. The van der Waals surface area contributed by atoms with Gasteiger partial charge in [0, 0.05) is 6.42 Å². The molecule has 1 saturated heterocycles. The molecule has 0 atom stereocenters. The first-order chi connectivity index (χ1) is 9.62. The summed E-state index contributed by atoms with van der Waals surface area (Å²) >= 11 is 0. The minimum Gasteiger partial charge on any atom is -0.368 e. The summed E-state index contributed by atoms with van der Waals surface area (Å²) < 4.78 is 0. The van der Waals surface area contributed by atoms with Crippen molar-refractivity contribution in [3.8, 4) is 0 Å². The van der Waals surface area contributed by atoms with Crippen molar-refractivity contribution >= 4 is 24.2 Å². The zero-order chi connectivity index (χ0) is 14.4. The molecule has 0 unspecified atom stereocenters. The van der Waals surface area contributed by atoms with E-state index < -0.39 is 5.54 Å². The molecule has 1 aliphatic carbocycles. The third kappa shape index (κ3) is 5.15. The highest BCUT2D eigenvalue weighted by molar-refractivity contribution is 5.90. The van der Waals surface area contributed by atoms with E-state index >= 15 is 0 Å². The second-order valence-corrected chi connectivity index (χ2v) is 6.29. The number of nitrogens with two attached hydrogens (primary N) is 1. The maximum Gasteiger partial charge on any atom is 0.243 e. The van der Waals surface area contributed by atoms with Crippen LogP contribution >= 0.6 is 12.4 Å². The average molecular weight is 318 g/mol. The molecule has 122 valence electrons. The fourth-order valence-electron chi connectivity index (χ4n) is 3.42. The molecule has 2 fully saturated rings. The van der Waals surface area contributed by atoms with Gasteiger partial charge in [-0.15, -0.1) is 12.4 Å². The molecule has 1 heterocycles. The zero-order valence-electron chi connectivity index (χ0n) is 12.7. The fraction of sp³-hybridized carbons (Fsp3) is 0.867. The fourth-order valence-corrected chi connectivity index (χ4v) is 3.42. The number of nitrogens with one attached hydrogen (secondary N) is 2. The van der Waals surface area contributed by atoms with Crippen LogP contribution in [0.1, 0.15) is 57.8 Å². The molecule has 2 aliphatic rings. The number of rotatable bonds is 5. The minimum atomic E-state index is -0.774. The summed E-state index contributed by atoms with van der Waals surface area (Å²) in [4.78, 5) is 23.8. The predicted octanol–water partition coefficient (Wildman–Crippen LogP) is 1.49. The highest BCUT2D eigenvalue weighted by Crippen LogP contribution is 2.28. The molecule has 6 heteroatoms. The van der Waals surface area contributed by atoms with E-state index in [0.717, 1.165) is 51.6 Å². The van der Waals surface area contributed by atoms with Crippen molar-refractivity contribution in [3.05, 3.63) is 0 Å². The SMILES string of the molecule is Cl.NC(=O)C1(NC(=O)CCC2CCNCC2)CCCCC1. The molecule has 2 amide bonds. The van der Waals surface area contributed by atoms with Crippen molar-refractivity contribution in [2.24, 2.45) is 11.7 Å². The van der Waals surface area contributed by atoms with E-state index in [1.165, 1.54) is 0 Å². The van der Waals surface area contributed by atoms with Crippen LogP contribution in [0.2, 0.25) is 0 Å². The molecule has 1 aliphatic heterocycles. The van der Waals surface area contributed by atoms with Crippen molar-refractivity contribution in [1.82, 2.24) is 10.6 Å². The van der Waals surface area contributed by atoms with Gasteiger partial charge < -0.3 is 16.4 Å². The van der Waals surface area contributed by atoms with Gasteiger partial charge in [-0.3, -0.25) is 9.59 Å². The summed E-state index contributed by atoms with van der Waals surface area (Å²) in [6.45, 7) is 2.11. The van der Waals surface area contributed by atoms with Crippen molar-refractivity contribution in [2.45, 2.75) is 63.3 Å². The smallest absolute Gasteiger partial charge is 0.243 e. The molecule has 0 radical (unpaired) electrons. The molecule has 5 nitrogen and oxygen atoms in total. The van der Waals surface area contributed by atoms with E-state index in [1.807, 2.05) is 0 Å². The largest absolute Gasteiger partial charge is 0.368 e. The first kappa shape index (κ1) is 18.2. The highest BCUT2D eigenvalue weighted by Gasteiger charge is 2.39. The van der Waals surface area contributed by atoms with E-state index in [-0.39, 0.29) is 24.2 Å². The molecule has 21 heavy (non-hydrogen) atoms. The van der Waals surface area contributed by atoms with Gasteiger partial charge in [0.05, 0.1) is 0 Å². The summed E-state index contributed by atoms with van der Waals surface area (Å²) in [5, 5.41) is 6.27. The average Bonchev–Trinajstić information content (AvgIpc) is 2.47. The van der Waals surface area contributed by atoms with Crippen LogP contribution in [0.15, 0.2) is 0 Å². The Morgan fingerprint density at radius 2 is 1.76 bits per heavy atom. The lowest BCUT2D eigenvalue weighted by Gasteiger charge is -2.35. The van der Waals surface area contributed by atoms with E-state index in [2.05, 4.69) is 10.6 Å². The maximum absolute atomic E-state index is 12.1. The lowest BCUT2D eigenvalue weighted by atomic mass is 9.81. The topological polar surface area (TPSA) is 84.2 Å². The van der Waals surface area contributed by atoms with Crippen molar-refractivity contribution in [3.63, 3.8) is 0 Å². The van der Waals surface area contributed by atoms with Crippen LogP contribution in [0.25, 0.3) is 0 Å². The van der Waals surface area contributed by atoms with Gasteiger partial charge >= 0.3 is 0 Å². The number of hydrogen-bond donors (Lipinski definition) is 3. The number of hydrogen-bond acceptors (Lipinski definition) is 3. The van der Waals surface area contributed by atoms with Crippen LogP contribution in [0.4, 0.5) is 0 Å². The van der Waals surface area contributed by atoms with Gasteiger partial charge in [0.15, 0.2) is 0 Å². The van der Waals surface area contributed by atoms with E-state index in [9.17, 15) is 9.59 Å². The summed E-state index contributed by atoms with van der Waals surface area (Å²) in [7, 11) is 0. The number of halogens is 1. The molecular weight excluding hydrogens is 290 g/mol. The first-order valence-electron chi connectivity index (χ1n) is 7.94. The summed E-state index contributed by atoms with van der Waals surface area (Å²) in [6, 6.07) is 0. The number of carbonyl (C=O) groups excluding carboxylic acids is 2. The third-order valence-electron chi connectivity index (χ3n) is 4.80. The van der Waals surface area contributed by atoms with Crippen LogP contribution in [-0.2, 0) is 9.59 Å². The summed E-state index contributed by atoms with van der Waals surface area (Å²) in [5.74, 6) is 0.259. The molecule has 2 rings (SSSR count). The van der Waals surface area contributed by atoms with Crippen LogP contribution in [0, 0.1) is 5.92 Å². The Morgan fingerprint density at radius 1 is 1.14 bits per heavy atom. The quantitative estimate of drug-likeness (QED) is 0.718. The Kier molecular flexibility index (Phi) is 7.46. The molecule has 0 aromatic carbocycles. The maximum atomic E-state index is 12.1. The molecule has 0 spiro atoms. The monoisotopic (exact) mass is 317 g/mol. The zero-order valence-corrected chi connectivity index (χ0v) is 13.5. The summed E-state index contributed by atoms with van der Waals surface area (Å²) in [5.41, 5.74) is 4.75. The predicted molar refractivity (Wildman–Crippen MR) is 85.2 cm³/mol. The van der Waals surface area contributed by atoms with Crippen molar-refractivity contribution < 1.29 is 9.59 Å². The van der Waals surface area contributed by atoms with Gasteiger partial charge in [0.2, 0.25) is 11.8 Å². The van der Waals surface area contributed by atoms with Crippen molar-refractivity contribution in [2.75, 3.05) is 13.1 Å². The summed E-state index contributed by atoms with van der Waals surface area (Å²) in [6.07, 6.45) is 8.18. The molecule has 1 saturated carbocycles. The molecule has 0 aromatic heterocycles. The van der Waals surface area contributed by atoms with Crippen molar-refractivity contribution in [1.29, 1.82) is 0 Å². The third-order valence-corrected chi connectivity index (χ3v) is 4.80. The van der Waals surface area contributed by atoms with E-state index in [1.54, 1.807) is 0 Å². The van der Waals surface area contributed by atoms with Gasteiger partial charge in [-0.25, -0.2) is 0 Å². The Labute approximate surface area is 133 Å². The standard InChI is InChI=1S/C15H27N3O2.ClH/c16-14(20)15(8-2-1-3-9-15)18-13(19)5-4-12-6-10-17-11-7-12;/h12,17H,1-11H2,(H2,16,20)(H,18,19);1H. The normalized spacial score (nSPS) is 22.1. The first-order valence-corrected chi connectivity index (χ1v) is 7.94. The second kappa shape index (κ2) is 8.59. The van der Waals surface area contributed by atoms with Gasteiger partial charge in [0.25, 0.3) is 0 Å². The second-order valence-electron chi connectivity index (χ2n) is 6.29. The van der Waals surface area contributed by atoms with Gasteiger partial charge in [0.1, 0.15) is 5.54 Å². The van der Waals surface area contributed by atoms with Crippen LogP contribution < -0.4 is 16.4 Å². The van der Waals surface area contributed by atoms with Gasteiger partial charge in [-0.05, 0) is 51.1 Å². The Bertz CT molecular complexity index is 351. The molecular formula is C15H28ClN3O2. The Morgan fingerprint density at radius 3 is 2.33 bits per heavy atom. The number of carbonyl (C=O) groups is 2. The number of piperidine rings is 1.